The molecule has 0 radical (unpaired) electrons. The van der Waals surface area contributed by atoms with E-state index in [0.717, 1.165) is 21.0 Å². The predicted octanol–water partition coefficient (Wildman–Crippen LogP) is 5.23. The van der Waals surface area contributed by atoms with Gasteiger partial charge in [-0.1, -0.05) is 96.0 Å². The number of likely N-dealkylation sites (N-methyl/N-ethyl adjacent to an activating group) is 1. The van der Waals surface area contributed by atoms with Crippen molar-refractivity contribution in [2.45, 2.75) is 30.8 Å². The fourth-order valence-electron chi connectivity index (χ4n) is 4.50. The minimum Gasteiger partial charge on any atom is -0.357 e. The normalized spacial score (nSPS) is 11.9. The van der Waals surface area contributed by atoms with Crippen LogP contribution in [0.25, 0.3) is 0 Å². The van der Waals surface area contributed by atoms with Gasteiger partial charge in [-0.25, -0.2) is 8.42 Å². The molecule has 0 fully saturated rings. The highest BCUT2D eigenvalue weighted by Gasteiger charge is 2.34. The van der Waals surface area contributed by atoms with Crippen molar-refractivity contribution in [2.24, 2.45) is 0 Å². The molecule has 4 rings (SSSR count). The van der Waals surface area contributed by atoms with Crippen molar-refractivity contribution in [3.63, 3.8) is 0 Å². The predicted molar refractivity (Wildman–Crippen MR) is 162 cm³/mol. The van der Waals surface area contributed by atoms with Crippen LogP contribution >= 0.6 is 11.6 Å². The third-order valence-corrected chi connectivity index (χ3v) is 8.72. The Hall–Kier alpha value is -4.14. The highest BCUT2D eigenvalue weighted by Crippen LogP contribution is 2.27. The van der Waals surface area contributed by atoms with Crippen molar-refractivity contribution in [3.8, 4) is 0 Å². The Labute approximate surface area is 246 Å². The van der Waals surface area contributed by atoms with E-state index in [1.54, 1.807) is 30.3 Å². The summed E-state index contributed by atoms with van der Waals surface area (Å²) >= 11 is 6.24. The van der Waals surface area contributed by atoms with Crippen LogP contribution in [0.5, 0.6) is 0 Å². The standard InChI is InChI=1S/C32H32ClN3O4S/c1-24-16-18-29(19-17-24)41(39,40)36(28-15-9-14-27(33)21-28)23-31(37)35(22-26-12-7-4-8-13-26)30(32(38)34-2)20-25-10-5-3-6-11-25/h3-19,21,30H,20,22-23H2,1-2H3,(H,34,38)/t30-/m0/s1. The summed E-state index contributed by atoms with van der Waals surface area (Å²) in [4.78, 5) is 28.9. The minimum absolute atomic E-state index is 0.0395. The Morgan fingerprint density at radius 2 is 1.44 bits per heavy atom. The second-order valence-corrected chi connectivity index (χ2v) is 11.9. The van der Waals surface area contributed by atoms with E-state index in [2.05, 4.69) is 5.32 Å². The molecule has 0 unspecified atom stereocenters. The summed E-state index contributed by atoms with van der Waals surface area (Å²) in [5, 5.41) is 3.00. The number of hydrogen-bond acceptors (Lipinski definition) is 4. The maximum Gasteiger partial charge on any atom is 0.264 e. The third kappa shape index (κ3) is 7.54. The van der Waals surface area contributed by atoms with Gasteiger partial charge in [0.2, 0.25) is 11.8 Å². The van der Waals surface area contributed by atoms with Crippen molar-refractivity contribution < 1.29 is 18.0 Å². The molecule has 1 N–H and O–H groups in total. The lowest BCUT2D eigenvalue weighted by molar-refractivity contribution is -0.139. The van der Waals surface area contributed by atoms with Crippen LogP contribution in [0.1, 0.15) is 16.7 Å². The van der Waals surface area contributed by atoms with Gasteiger partial charge < -0.3 is 10.2 Å². The molecule has 4 aromatic rings. The molecule has 0 bridgehead atoms. The molecule has 9 heteroatoms. The number of aryl methyl sites for hydroxylation is 1. The Morgan fingerprint density at radius 1 is 0.829 bits per heavy atom. The number of rotatable bonds is 11. The highest BCUT2D eigenvalue weighted by molar-refractivity contribution is 7.92. The smallest absolute Gasteiger partial charge is 0.264 e. The Balaban J connectivity index is 1.77. The molecule has 41 heavy (non-hydrogen) atoms. The average Bonchev–Trinajstić information content (AvgIpc) is 2.98. The summed E-state index contributed by atoms with van der Waals surface area (Å²) < 4.78 is 29.0. The maximum atomic E-state index is 14.2. The summed E-state index contributed by atoms with van der Waals surface area (Å²) in [6.45, 7) is 1.44. The lowest BCUT2D eigenvalue weighted by Gasteiger charge is -2.33. The van der Waals surface area contributed by atoms with E-state index in [4.69, 9.17) is 11.6 Å². The van der Waals surface area contributed by atoms with E-state index in [0.29, 0.717) is 5.02 Å². The van der Waals surface area contributed by atoms with Crippen molar-refractivity contribution in [1.82, 2.24) is 10.2 Å². The number of nitrogens with zero attached hydrogens (tertiary/aromatic N) is 2. The van der Waals surface area contributed by atoms with E-state index in [9.17, 15) is 18.0 Å². The van der Waals surface area contributed by atoms with Crippen molar-refractivity contribution >= 4 is 39.1 Å². The van der Waals surface area contributed by atoms with Gasteiger partial charge in [0.05, 0.1) is 10.6 Å². The lowest BCUT2D eigenvalue weighted by atomic mass is 10.0. The molecule has 0 spiro atoms. The molecule has 212 valence electrons. The van der Waals surface area contributed by atoms with E-state index < -0.39 is 28.5 Å². The molecule has 0 saturated heterocycles. The summed E-state index contributed by atoms with van der Waals surface area (Å²) in [5.74, 6) is -0.886. The van der Waals surface area contributed by atoms with Crippen molar-refractivity contribution in [1.29, 1.82) is 0 Å². The number of carbonyl (C=O) groups is 2. The van der Waals surface area contributed by atoms with Crippen LogP contribution in [0.3, 0.4) is 0 Å². The van der Waals surface area contributed by atoms with Gasteiger partial charge in [-0.3, -0.25) is 13.9 Å². The molecule has 0 heterocycles. The summed E-state index contributed by atoms with van der Waals surface area (Å²) in [6, 6.07) is 30.6. The average molecular weight is 590 g/mol. The molecule has 0 aliphatic heterocycles. The zero-order valence-corrected chi connectivity index (χ0v) is 24.5. The largest absolute Gasteiger partial charge is 0.357 e. The number of amides is 2. The molecule has 0 aromatic heterocycles. The lowest BCUT2D eigenvalue weighted by Crippen LogP contribution is -2.53. The Kier molecular flexibility index (Phi) is 9.81. The van der Waals surface area contributed by atoms with E-state index in [1.165, 1.54) is 30.1 Å². The summed E-state index contributed by atoms with van der Waals surface area (Å²) in [6.07, 6.45) is 0.251. The molecule has 7 nitrogen and oxygen atoms in total. The van der Waals surface area contributed by atoms with E-state index >= 15 is 0 Å². The number of halogens is 1. The van der Waals surface area contributed by atoms with Crippen LogP contribution in [0, 0.1) is 6.92 Å². The van der Waals surface area contributed by atoms with Gasteiger partial charge in [0.15, 0.2) is 0 Å². The van der Waals surface area contributed by atoms with Gasteiger partial charge in [-0.2, -0.15) is 0 Å². The molecule has 0 aliphatic carbocycles. The Morgan fingerprint density at radius 3 is 2.02 bits per heavy atom. The monoisotopic (exact) mass is 589 g/mol. The second-order valence-electron chi connectivity index (χ2n) is 9.63. The number of nitrogens with one attached hydrogen (secondary N) is 1. The van der Waals surface area contributed by atoms with Crippen LogP contribution in [0.15, 0.2) is 114 Å². The highest BCUT2D eigenvalue weighted by atomic mass is 35.5. The molecule has 0 aliphatic rings. The maximum absolute atomic E-state index is 14.2. The fraction of sp³-hybridized carbons (Fsp3) is 0.188. The number of hydrogen-bond donors (Lipinski definition) is 1. The first-order valence-electron chi connectivity index (χ1n) is 13.1. The summed E-state index contributed by atoms with van der Waals surface area (Å²) in [5.41, 5.74) is 2.81. The quantitative estimate of drug-likeness (QED) is 0.260. The van der Waals surface area contributed by atoms with Crippen LogP contribution < -0.4 is 9.62 Å². The topological polar surface area (TPSA) is 86.8 Å². The van der Waals surface area contributed by atoms with Gasteiger partial charge in [0.1, 0.15) is 12.6 Å². The van der Waals surface area contributed by atoms with Crippen LogP contribution in [0.2, 0.25) is 5.02 Å². The van der Waals surface area contributed by atoms with Crippen LogP contribution in [-0.4, -0.2) is 44.8 Å². The zero-order chi connectivity index (χ0) is 29.4. The first kappa shape index (κ1) is 29.8. The van der Waals surface area contributed by atoms with Gasteiger partial charge in [0.25, 0.3) is 10.0 Å². The second kappa shape index (κ2) is 13.5. The fourth-order valence-corrected chi connectivity index (χ4v) is 6.09. The van der Waals surface area contributed by atoms with Crippen LogP contribution in [0.4, 0.5) is 5.69 Å². The van der Waals surface area contributed by atoms with Gasteiger partial charge in [-0.15, -0.1) is 0 Å². The molecule has 2 amide bonds. The van der Waals surface area contributed by atoms with Gasteiger partial charge in [0, 0.05) is 25.0 Å². The van der Waals surface area contributed by atoms with E-state index in [1.807, 2.05) is 67.6 Å². The molecule has 1 atom stereocenters. The first-order valence-corrected chi connectivity index (χ1v) is 14.9. The van der Waals surface area contributed by atoms with E-state index in [-0.39, 0.29) is 29.5 Å². The van der Waals surface area contributed by atoms with Gasteiger partial charge in [-0.05, 0) is 48.4 Å². The zero-order valence-electron chi connectivity index (χ0n) is 22.9. The number of sulfonamides is 1. The third-order valence-electron chi connectivity index (χ3n) is 6.70. The van der Waals surface area contributed by atoms with Gasteiger partial charge >= 0.3 is 0 Å². The minimum atomic E-state index is -4.17. The van der Waals surface area contributed by atoms with Crippen molar-refractivity contribution in [3.05, 3.63) is 131 Å². The molecular formula is C32H32ClN3O4S. The molecular weight excluding hydrogens is 558 g/mol. The summed E-state index contributed by atoms with van der Waals surface area (Å²) in [7, 11) is -2.65. The molecule has 0 saturated carbocycles. The van der Waals surface area contributed by atoms with Crippen molar-refractivity contribution in [2.75, 3.05) is 17.9 Å². The first-order chi connectivity index (χ1) is 19.7. The van der Waals surface area contributed by atoms with Crippen LogP contribution in [-0.2, 0) is 32.6 Å². The number of benzene rings is 4. The molecule has 4 aromatic carbocycles. The SMILES string of the molecule is CNC(=O)[C@H](Cc1ccccc1)N(Cc1ccccc1)C(=O)CN(c1cccc(Cl)c1)S(=O)(=O)c1ccc(C)cc1. The Bertz CT molecular complexity index is 1580. The number of carbonyl (C=O) groups excluding carboxylic acids is 2. The number of anilines is 1.